The highest BCUT2D eigenvalue weighted by molar-refractivity contribution is 5.96. The van der Waals surface area contributed by atoms with Gasteiger partial charge in [0.15, 0.2) is 28.4 Å². The fourth-order valence-corrected chi connectivity index (χ4v) is 4.52. The van der Waals surface area contributed by atoms with Crippen molar-refractivity contribution in [3.05, 3.63) is 75.9 Å². The molecule has 2 heterocycles. The Morgan fingerprint density at radius 3 is 2.46 bits per heavy atom. The number of phenolic OH excluding ortho intramolecular Hbond substituents is 2. The number of aromatic hydroxyl groups is 2. The second-order valence-electron chi connectivity index (χ2n) is 9.33. The molecule has 37 heavy (non-hydrogen) atoms. The van der Waals surface area contributed by atoms with Gasteiger partial charge in [0.1, 0.15) is 16.7 Å². The summed E-state index contributed by atoms with van der Waals surface area (Å²) in [6, 6.07) is 15.6. The fourth-order valence-electron chi connectivity index (χ4n) is 4.52. The number of esters is 1. The van der Waals surface area contributed by atoms with E-state index in [1.54, 1.807) is 37.4 Å². The molecule has 0 saturated carbocycles. The highest BCUT2D eigenvalue weighted by Gasteiger charge is 2.37. The van der Waals surface area contributed by atoms with Gasteiger partial charge in [-0.15, -0.1) is 0 Å². The molecule has 5 rings (SSSR count). The number of phenols is 2. The molecule has 0 fully saturated rings. The van der Waals surface area contributed by atoms with Crippen LogP contribution in [-0.2, 0) is 4.79 Å². The number of carbonyl (C=O) groups is 1. The summed E-state index contributed by atoms with van der Waals surface area (Å²) in [5, 5.41) is 21.3. The molecular formula is C29H26O8. The molecule has 0 aliphatic carbocycles. The molecule has 1 atom stereocenters. The van der Waals surface area contributed by atoms with E-state index < -0.39 is 28.8 Å². The van der Waals surface area contributed by atoms with E-state index in [-0.39, 0.29) is 34.8 Å². The Morgan fingerprint density at radius 1 is 1.00 bits per heavy atom. The summed E-state index contributed by atoms with van der Waals surface area (Å²) in [5.41, 5.74) is 1.11. The van der Waals surface area contributed by atoms with Gasteiger partial charge in [-0.1, -0.05) is 50.2 Å². The zero-order chi connectivity index (χ0) is 26.3. The Bertz CT molecular complexity index is 1550. The van der Waals surface area contributed by atoms with E-state index in [4.69, 9.17) is 18.6 Å². The van der Waals surface area contributed by atoms with Crippen LogP contribution < -0.4 is 19.6 Å². The van der Waals surface area contributed by atoms with Crippen LogP contribution in [0.1, 0.15) is 37.3 Å². The Balaban J connectivity index is 1.77. The highest BCUT2D eigenvalue weighted by Crippen LogP contribution is 2.52. The van der Waals surface area contributed by atoms with Crippen molar-refractivity contribution in [1.82, 2.24) is 0 Å². The van der Waals surface area contributed by atoms with Gasteiger partial charge in [-0.25, -0.2) is 0 Å². The largest absolute Gasteiger partial charge is 0.504 e. The summed E-state index contributed by atoms with van der Waals surface area (Å²) in [7, 11) is 1.54. The van der Waals surface area contributed by atoms with E-state index in [0.717, 1.165) is 0 Å². The summed E-state index contributed by atoms with van der Waals surface area (Å²) in [6.07, 6.45) is -0.0818. The van der Waals surface area contributed by atoms with Crippen LogP contribution in [0.3, 0.4) is 0 Å². The van der Waals surface area contributed by atoms with Crippen molar-refractivity contribution in [2.45, 2.75) is 26.2 Å². The summed E-state index contributed by atoms with van der Waals surface area (Å²) >= 11 is 0. The van der Waals surface area contributed by atoms with Gasteiger partial charge in [0.2, 0.25) is 5.75 Å². The van der Waals surface area contributed by atoms with Crippen LogP contribution in [0.25, 0.3) is 22.3 Å². The molecule has 0 spiro atoms. The van der Waals surface area contributed by atoms with E-state index in [0.29, 0.717) is 34.8 Å². The molecule has 0 radical (unpaired) electrons. The number of benzene rings is 3. The predicted molar refractivity (Wildman–Crippen MR) is 137 cm³/mol. The summed E-state index contributed by atoms with van der Waals surface area (Å²) < 4.78 is 23.0. The van der Waals surface area contributed by atoms with Crippen molar-refractivity contribution >= 4 is 16.9 Å². The Labute approximate surface area is 212 Å². The van der Waals surface area contributed by atoms with Crippen molar-refractivity contribution in [2.24, 2.45) is 5.92 Å². The van der Waals surface area contributed by atoms with Crippen molar-refractivity contribution in [2.75, 3.05) is 13.7 Å². The van der Waals surface area contributed by atoms with Gasteiger partial charge < -0.3 is 28.8 Å². The molecular weight excluding hydrogens is 476 g/mol. The molecule has 0 amide bonds. The average molecular weight is 503 g/mol. The molecule has 3 aromatic carbocycles. The molecule has 2 N–H and O–H groups in total. The number of fused-ring (bicyclic) bond motifs is 3. The monoisotopic (exact) mass is 502 g/mol. The molecule has 0 unspecified atom stereocenters. The summed E-state index contributed by atoms with van der Waals surface area (Å²) in [5.74, 6) is -1.32. The minimum atomic E-state index is -0.703. The van der Waals surface area contributed by atoms with Crippen LogP contribution in [0.2, 0.25) is 0 Å². The van der Waals surface area contributed by atoms with E-state index >= 15 is 0 Å². The first-order chi connectivity index (χ1) is 17.8. The van der Waals surface area contributed by atoms with E-state index in [2.05, 4.69) is 0 Å². The minimum absolute atomic E-state index is 0.0367. The van der Waals surface area contributed by atoms with Crippen LogP contribution in [0.4, 0.5) is 0 Å². The zero-order valence-electron chi connectivity index (χ0n) is 20.6. The lowest BCUT2D eigenvalue weighted by molar-refractivity contribution is -0.135. The van der Waals surface area contributed by atoms with E-state index in [1.165, 1.54) is 6.07 Å². The Morgan fingerprint density at radius 2 is 1.76 bits per heavy atom. The maximum absolute atomic E-state index is 13.2. The Kier molecular flexibility index (Phi) is 6.25. The maximum Gasteiger partial charge on any atom is 0.312 e. The lowest BCUT2D eigenvalue weighted by atomic mass is 9.84. The standard InChI is InChI=1S/C29H26O8/c1-15(2)14-35-22-11-17(9-10-20(22)34-3)18-12-23(31)37-29-24(18)28-25(26(32)27(29)33)19(30)13-21(36-28)16-7-5-4-6-8-16/h4-11,13,15,18,32-33H,12,14H2,1-3H3/t18-/m0/s1. The molecule has 0 saturated heterocycles. The average Bonchev–Trinajstić information content (AvgIpc) is 2.90. The van der Waals surface area contributed by atoms with Crippen molar-refractivity contribution in [1.29, 1.82) is 0 Å². The van der Waals surface area contributed by atoms with Crippen LogP contribution in [-0.4, -0.2) is 29.9 Å². The smallest absolute Gasteiger partial charge is 0.312 e. The third-order valence-electron chi connectivity index (χ3n) is 6.27. The lowest BCUT2D eigenvalue weighted by Gasteiger charge is -2.27. The topological polar surface area (TPSA) is 115 Å². The number of hydrogen-bond acceptors (Lipinski definition) is 8. The number of rotatable bonds is 6. The van der Waals surface area contributed by atoms with Crippen LogP contribution in [0, 0.1) is 5.92 Å². The molecule has 8 heteroatoms. The molecule has 1 aliphatic rings. The first kappa shape index (κ1) is 24.2. The molecule has 190 valence electrons. The van der Waals surface area contributed by atoms with Gasteiger partial charge in [0, 0.05) is 17.5 Å². The van der Waals surface area contributed by atoms with E-state index in [1.807, 2.05) is 32.0 Å². The second kappa shape index (κ2) is 9.54. The molecule has 1 aliphatic heterocycles. The Hall–Kier alpha value is -4.46. The van der Waals surface area contributed by atoms with Gasteiger partial charge in [-0.3, -0.25) is 9.59 Å². The second-order valence-corrected chi connectivity index (χ2v) is 9.33. The highest BCUT2D eigenvalue weighted by atomic mass is 16.5. The lowest BCUT2D eigenvalue weighted by Crippen LogP contribution is -2.22. The normalized spacial score (nSPS) is 14.9. The van der Waals surface area contributed by atoms with Gasteiger partial charge in [0.25, 0.3) is 0 Å². The fraction of sp³-hybridized carbons (Fsp3) is 0.241. The first-order valence-electron chi connectivity index (χ1n) is 11.9. The molecule has 0 bridgehead atoms. The van der Waals surface area contributed by atoms with Crippen molar-refractivity contribution in [3.8, 4) is 40.1 Å². The minimum Gasteiger partial charge on any atom is -0.504 e. The van der Waals surface area contributed by atoms with Crippen molar-refractivity contribution < 1.29 is 33.6 Å². The maximum atomic E-state index is 13.2. The van der Waals surface area contributed by atoms with Crippen LogP contribution in [0.15, 0.2) is 63.8 Å². The van der Waals surface area contributed by atoms with Gasteiger partial charge in [-0.05, 0) is 23.6 Å². The van der Waals surface area contributed by atoms with Crippen LogP contribution in [0.5, 0.6) is 28.7 Å². The third kappa shape index (κ3) is 4.35. The first-order valence-corrected chi connectivity index (χ1v) is 11.9. The molecule has 1 aromatic heterocycles. The number of carbonyl (C=O) groups excluding carboxylic acids is 1. The van der Waals surface area contributed by atoms with Crippen molar-refractivity contribution in [3.63, 3.8) is 0 Å². The quantitative estimate of drug-likeness (QED) is 0.206. The van der Waals surface area contributed by atoms with Gasteiger partial charge in [-0.2, -0.15) is 0 Å². The summed E-state index contributed by atoms with van der Waals surface area (Å²) in [4.78, 5) is 25.8. The SMILES string of the molecule is COc1ccc([C@@H]2CC(=O)Oc3c(O)c(O)c4c(=O)cc(-c5ccccc5)oc4c32)cc1OCC(C)C. The third-order valence-corrected chi connectivity index (χ3v) is 6.27. The molecule has 8 nitrogen and oxygen atoms in total. The van der Waals surface area contributed by atoms with Gasteiger partial charge in [0.05, 0.1) is 25.7 Å². The number of methoxy groups -OCH3 is 1. The number of hydrogen-bond donors (Lipinski definition) is 2. The number of ether oxygens (including phenoxy) is 3. The van der Waals surface area contributed by atoms with Gasteiger partial charge >= 0.3 is 5.97 Å². The summed E-state index contributed by atoms with van der Waals surface area (Å²) in [6.45, 7) is 4.50. The zero-order valence-corrected chi connectivity index (χ0v) is 20.6. The predicted octanol–water partition coefficient (Wildman–Crippen LogP) is 5.36. The van der Waals surface area contributed by atoms with E-state index in [9.17, 15) is 19.8 Å². The van der Waals surface area contributed by atoms with Crippen LogP contribution >= 0.6 is 0 Å². The molecule has 4 aromatic rings.